The summed E-state index contributed by atoms with van der Waals surface area (Å²) in [5.74, 6) is -1.65. The van der Waals surface area contributed by atoms with E-state index < -0.39 is 17.9 Å². The number of rotatable bonds is 4. The highest BCUT2D eigenvalue weighted by molar-refractivity contribution is 6.06. The fourth-order valence-corrected chi connectivity index (χ4v) is 1.89. The van der Waals surface area contributed by atoms with Crippen molar-refractivity contribution in [3.8, 4) is 0 Å². The Hall–Kier alpha value is -2.37. The lowest BCUT2D eigenvalue weighted by Gasteiger charge is -2.18. The Labute approximate surface area is 109 Å². The summed E-state index contributed by atoms with van der Waals surface area (Å²) in [4.78, 5) is 23.2. The summed E-state index contributed by atoms with van der Waals surface area (Å²) in [5.41, 5.74) is 0.995. The summed E-state index contributed by atoms with van der Waals surface area (Å²) in [5, 5.41) is 19.0. The van der Waals surface area contributed by atoms with Gasteiger partial charge in [0.05, 0.1) is 17.3 Å². The minimum Gasteiger partial charge on any atom is -0.480 e. The topological polar surface area (TPSA) is 95.1 Å². The Morgan fingerprint density at radius 2 is 2.11 bits per heavy atom. The fraction of sp³-hybridized carbons (Fsp3) is 0.308. The monoisotopic (exact) mass is 261 g/mol. The van der Waals surface area contributed by atoms with Crippen LogP contribution in [0.5, 0.6) is 0 Å². The second-order valence-corrected chi connectivity index (χ2v) is 4.67. The molecule has 0 aliphatic carbocycles. The van der Waals surface area contributed by atoms with Gasteiger partial charge in [-0.3, -0.25) is 9.89 Å². The smallest absolute Gasteiger partial charge is 0.326 e. The molecule has 0 fully saturated rings. The number of para-hydroxylation sites is 1. The molecule has 6 nitrogen and oxygen atoms in total. The van der Waals surface area contributed by atoms with E-state index in [4.69, 9.17) is 5.11 Å². The van der Waals surface area contributed by atoms with Gasteiger partial charge in [-0.15, -0.1) is 0 Å². The highest BCUT2D eigenvalue weighted by Crippen LogP contribution is 2.16. The number of carboxylic acid groups (broad SMARTS) is 1. The molecule has 0 spiro atoms. The Balaban J connectivity index is 2.29. The summed E-state index contributed by atoms with van der Waals surface area (Å²) >= 11 is 0. The van der Waals surface area contributed by atoms with Gasteiger partial charge in [-0.2, -0.15) is 5.10 Å². The number of aromatic nitrogens is 2. The van der Waals surface area contributed by atoms with Crippen LogP contribution in [0.2, 0.25) is 0 Å². The molecule has 100 valence electrons. The van der Waals surface area contributed by atoms with Crippen LogP contribution >= 0.6 is 0 Å². The van der Waals surface area contributed by atoms with Crippen LogP contribution in [-0.4, -0.2) is 33.2 Å². The number of hydrogen-bond acceptors (Lipinski definition) is 3. The molecule has 2 rings (SSSR count). The first kappa shape index (κ1) is 13.1. The highest BCUT2D eigenvalue weighted by atomic mass is 16.4. The van der Waals surface area contributed by atoms with Gasteiger partial charge in [-0.1, -0.05) is 26.0 Å². The van der Waals surface area contributed by atoms with Crippen LogP contribution in [0.1, 0.15) is 24.2 Å². The van der Waals surface area contributed by atoms with E-state index in [1.165, 1.54) is 0 Å². The van der Waals surface area contributed by atoms with Crippen molar-refractivity contribution < 1.29 is 14.7 Å². The van der Waals surface area contributed by atoms with E-state index in [-0.39, 0.29) is 5.92 Å². The van der Waals surface area contributed by atoms with E-state index in [1.54, 1.807) is 32.2 Å². The third-order valence-corrected chi connectivity index (χ3v) is 2.94. The predicted molar refractivity (Wildman–Crippen MR) is 69.8 cm³/mol. The maximum absolute atomic E-state index is 12.2. The molecule has 1 amide bonds. The van der Waals surface area contributed by atoms with E-state index in [9.17, 15) is 9.59 Å². The van der Waals surface area contributed by atoms with Crippen LogP contribution in [0.15, 0.2) is 24.4 Å². The third kappa shape index (κ3) is 2.57. The molecule has 0 aliphatic heterocycles. The van der Waals surface area contributed by atoms with E-state index in [2.05, 4.69) is 15.5 Å². The van der Waals surface area contributed by atoms with Gasteiger partial charge >= 0.3 is 5.97 Å². The summed E-state index contributed by atoms with van der Waals surface area (Å²) in [7, 11) is 0. The van der Waals surface area contributed by atoms with Gasteiger partial charge in [-0.25, -0.2) is 4.79 Å². The first-order chi connectivity index (χ1) is 9.00. The molecule has 1 aromatic carbocycles. The highest BCUT2D eigenvalue weighted by Gasteiger charge is 2.24. The lowest BCUT2D eigenvalue weighted by molar-refractivity contribution is -0.140. The number of carboxylic acids is 1. The number of aromatic amines is 1. The van der Waals surface area contributed by atoms with Crippen molar-refractivity contribution >= 4 is 22.8 Å². The number of hydrogen-bond donors (Lipinski definition) is 3. The first-order valence-electron chi connectivity index (χ1n) is 5.96. The Bertz CT molecular complexity index is 618. The van der Waals surface area contributed by atoms with Crippen LogP contribution in [0, 0.1) is 5.92 Å². The zero-order valence-electron chi connectivity index (χ0n) is 10.7. The molecule has 19 heavy (non-hydrogen) atoms. The molecule has 3 N–H and O–H groups in total. The molecule has 1 aromatic heterocycles. The quantitative estimate of drug-likeness (QED) is 0.775. The Morgan fingerprint density at radius 1 is 1.37 bits per heavy atom. The van der Waals surface area contributed by atoms with Crippen LogP contribution < -0.4 is 5.32 Å². The van der Waals surface area contributed by atoms with Crippen molar-refractivity contribution in [2.45, 2.75) is 19.9 Å². The maximum Gasteiger partial charge on any atom is 0.326 e. The summed E-state index contributed by atoms with van der Waals surface area (Å²) in [6, 6.07) is 4.28. The molecule has 0 bridgehead atoms. The van der Waals surface area contributed by atoms with Crippen molar-refractivity contribution in [1.82, 2.24) is 15.5 Å². The van der Waals surface area contributed by atoms with Crippen LogP contribution in [0.4, 0.5) is 0 Å². The second-order valence-electron chi connectivity index (χ2n) is 4.67. The molecule has 0 unspecified atom stereocenters. The number of nitrogens with one attached hydrogen (secondary N) is 2. The lowest BCUT2D eigenvalue weighted by atomic mass is 10.0. The van der Waals surface area contributed by atoms with Crippen molar-refractivity contribution in [3.05, 3.63) is 30.0 Å². The average Bonchev–Trinajstić information content (AvgIpc) is 2.82. The number of carbonyl (C=O) groups excluding carboxylic acids is 1. The number of amides is 1. The zero-order chi connectivity index (χ0) is 14.0. The number of carbonyl (C=O) groups is 2. The minimum atomic E-state index is -1.04. The molecule has 1 heterocycles. The number of nitrogens with zero attached hydrogens (tertiary/aromatic N) is 1. The Morgan fingerprint density at radius 3 is 2.74 bits per heavy atom. The number of H-pyrrole nitrogens is 1. The van der Waals surface area contributed by atoms with Crippen molar-refractivity contribution in [3.63, 3.8) is 0 Å². The van der Waals surface area contributed by atoms with Gasteiger partial charge in [0.25, 0.3) is 5.91 Å². The molecule has 1 atom stereocenters. The second kappa shape index (κ2) is 5.09. The van der Waals surface area contributed by atoms with Crippen molar-refractivity contribution in [1.29, 1.82) is 0 Å². The first-order valence-corrected chi connectivity index (χ1v) is 5.96. The molecule has 2 aromatic rings. The van der Waals surface area contributed by atoms with Gasteiger partial charge in [-0.05, 0) is 12.0 Å². The van der Waals surface area contributed by atoms with Crippen LogP contribution in [0.25, 0.3) is 10.9 Å². The van der Waals surface area contributed by atoms with Gasteiger partial charge in [0.2, 0.25) is 0 Å². The molecular weight excluding hydrogens is 246 g/mol. The molecular formula is C13H15N3O3. The van der Waals surface area contributed by atoms with Gasteiger partial charge in [0.15, 0.2) is 0 Å². The molecule has 0 radical (unpaired) electrons. The molecule has 6 heteroatoms. The van der Waals surface area contributed by atoms with Crippen LogP contribution in [-0.2, 0) is 4.79 Å². The van der Waals surface area contributed by atoms with E-state index in [1.807, 2.05) is 6.07 Å². The number of benzene rings is 1. The normalized spacial score (nSPS) is 12.6. The standard InChI is InChI=1S/C13H15N3O3/c1-7(2)10(13(18)19)15-12(17)9-5-3-4-8-6-14-16-11(8)9/h3-7,10H,1-2H3,(H,14,16)(H,15,17)(H,18,19)/t10-/m0/s1. The number of aliphatic carboxylic acids is 1. The minimum absolute atomic E-state index is 0.192. The van der Waals surface area contributed by atoms with Crippen molar-refractivity contribution in [2.24, 2.45) is 5.92 Å². The molecule has 0 aliphatic rings. The zero-order valence-corrected chi connectivity index (χ0v) is 10.7. The third-order valence-electron chi connectivity index (χ3n) is 2.94. The average molecular weight is 261 g/mol. The van der Waals surface area contributed by atoms with Gasteiger partial charge < -0.3 is 10.4 Å². The molecule has 0 saturated heterocycles. The summed E-state index contributed by atoms with van der Waals surface area (Å²) in [6.07, 6.45) is 1.61. The lowest BCUT2D eigenvalue weighted by Crippen LogP contribution is -2.44. The van der Waals surface area contributed by atoms with E-state index in [0.29, 0.717) is 11.1 Å². The van der Waals surface area contributed by atoms with E-state index in [0.717, 1.165) is 5.39 Å². The SMILES string of the molecule is CC(C)[C@H](NC(=O)c1cccc2cn[nH]c12)C(=O)O. The largest absolute Gasteiger partial charge is 0.480 e. The van der Waals surface area contributed by atoms with Crippen LogP contribution in [0.3, 0.4) is 0 Å². The maximum atomic E-state index is 12.2. The summed E-state index contributed by atoms with van der Waals surface area (Å²) in [6.45, 7) is 3.49. The fourth-order valence-electron chi connectivity index (χ4n) is 1.89. The predicted octanol–water partition coefficient (Wildman–Crippen LogP) is 1.40. The van der Waals surface area contributed by atoms with E-state index >= 15 is 0 Å². The van der Waals surface area contributed by atoms with Gasteiger partial charge in [0.1, 0.15) is 6.04 Å². The summed E-state index contributed by atoms with van der Waals surface area (Å²) < 4.78 is 0. The molecule has 0 saturated carbocycles. The van der Waals surface area contributed by atoms with Crippen molar-refractivity contribution in [2.75, 3.05) is 0 Å². The van der Waals surface area contributed by atoms with Gasteiger partial charge in [0, 0.05) is 5.39 Å². The Kier molecular flexibility index (Phi) is 3.50. The number of fused-ring (bicyclic) bond motifs is 1.